The van der Waals surface area contributed by atoms with Gasteiger partial charge in [0.15, 0.2) is 0 Å². The molecule has 5 nitrogen and oxygen atoms in total. The molecular formula is C23H44O5. The Labute approximate surface area is 172 Å². The molecule has 0 radical (unpaired) electrons. The Hall–Kier alpha value is -0.460. The average molecular weight is 401 g/mol. The summed E-state index contributed by atoms with van der Waals surface area (Å²) in [5, 5.41) is 28.9. The van der Waals surface area contributed by atoms with Gasteiger partial charge < -0.3 is 24.8 Å². The highest BCUT2D eigenvalue weighted by Gasteiger charge is 2.38. The Kier molecular flexibility index (Phi) is 15.9. The molecule has 0 unspecified atom stereocenters. The first kappa shape index (κ1) is 25.6. The predicted octanol–water partition coefficient (Wildman–Crippen LogP) is 4.13. The molecular weight excluding hydrogens is 356 g/mol. The molecule has 28 heavy (non-hydrogen) atoms. The second-order valence-corrected chi connectivity index (χ2v) is 8.03. The van der Waals surface area contributed by atoms with E-state index in [1.807, 2.05) is 0 Å². The second kappa shape index (κ2) is 17.4. The van der Waals surface area contributed by atoms with Gasteiger partial charge in [-0.3, -0.25) is 0 Å². The molecule has 1 fully saturated rings. The fourth-order valence-corrected chi connectivity index (χ4v) is 3.57. The highest BCUT2D eigenvalue weighted by atomic mass is 16.6. The summed E-state index contributed by atoms with van der Waals surface area (Å²) >= 11 is 0. The first-order chi connectivity index (χ1) is 13.7. The lowest BCUT2D eigenvalue weighted by Crippen LogP contribution is -2.55. The van der Waals surface area contributed by atoms with Crippen LogP contribution in [-0.4, -0.2) is 59.6 Å². The van der Waals surface area contributed by atoms with E-state index in [0.29, 0.717) is 6.61 Å². The van der Waals surface area contributed by atoms with Crippen LogP contribution < -0.4 is 0 Å². The van der Waals surface area contributed by atoms with Gasteiger partial charge in [-0.05, 0) is 32.1 Å². The van der Waals surface area contributed by atoms with Crippen LogP contribution in [0.1, 0.15) is 90.4 Å². The summed E-state index contributed by atoms with van der Waals surface area (Å²) in [6, 6.07) is 0. The zero-order valence-electron chi connectivity index (χ0n) is 17.9. The Morgan fingerprint density at radius 1 is 0.821 bits per heavy atom. The van der Waals surface area contributed by atoms with Crippen LogP contribution in [0.4, 0.5) is 0 Å². The minimum atomic E-state index is -1.09. The largest absolute Gasteiger partial charge is 0.394 e. The molecule has 0 amide bonds. The third kappa shape index (κ3) is 11.5. The van der Waals surface area contributed by atoms with Crippen molar-refractivity contribution < 1.29 is 24.8 Å². The van der Waals surface area contributed by atoms with Crippen molar-refractivity contribution in [1.82, 2.24) is 0 Å². The normalized spacial score (nSPS) is 25.6. The Morgan fingerprint density at radius 3 is 2.00 bits per heavy atom. The quantitative estimate of drug-likeness (QED) is 0.253. The average Bonchev–Trinajstić information content (AvgIpc) is 2.70. The Morgan fingerprint density at radius 2 is 1.39 bits per heavy atom. The first-order valence-corrected chi connectivity index (χ1v) is 11.6. The summed E-state index contributed by atoms with van der Waals surface area (Å²) in [5.41, 5.74) is 0. The molecule has 1 heterocycles. The molecule has 5 heteroatoms. The molecule has 0 aliphatic carbocycles. The van der Waals surface area contributed by atoms with Crippen LogP contribution in [0.15, 0.2) is 12.2 Å². The molecule has 1 aliphatic heterocycles. The van der Waals surface area contributed by atoms with E-state index in [9.17, 15) is 10.2 Å². The highest BCUT2D eigenvalue weighted by molar-refractivity contribution is 4.87. The number of ether oxygens (including phenoxy) is 2. The van der Waals surface area contributed by atoms with Gasteiger partial charge in [0.1, 0.15) is 24.4 Å². The minimum Gasteiger partial charge on any atom is -0.394 e. The maximum Gasteiger partial charge on any atom is 0.111 e. The number of aliphatic hydroxyl groups excluding tert-OH is 3. The standard InChI is InChI=1S/C23H44O5/c1-2-3-4-5-6-7-8-9-10-11-12-13-14-15-16-17-27-21-19-28-20(18-24)22(25)23(21)26/h12-13,20-26H,2-11,14-19H2,1H3/b13-12+/t20-,21+,22-,23-/m0/s1. The summed E-state index contributed by atoms with van der Waals surface area (Å²) in [5.74, 6) is 0. The van der Waals surface area contributed by atoms with Crippen LogP contribution in [0.2, 0.25) is 0 Å². The van der Waals surface area contributed by atoms with Gasteiger partial charge in [-0.1, -0.05) is 70.4 Å². The maximum absolute atomic E-state index is 9.99. The van der Waals surface area contributed by atoms with Crippen molar-refractivity contribution >= 4 is 0 Å². The van der Waals surface area contributed by atoms with Crippen LogP contribution >= 0.6 is 0 Å². The van der Waals surface area contributed by atoms with Crippen molar-refractivity contribution in [1.29, 1.82) is 0 Å². The predicted molar refractivity (Wildman–Crippen MR) is 113 cm³/mol. The number of unbranched alkanes of at least 4 members (excludes halogenated alkanes) is 11. The van der Waals surface area contributed by atoms with E-state index in [1.54, 1.807) is 0 Å². The molecule has 0 bridgehead atoms. The van der Waals surface area contributed by atoms with E-state index in [2.05, 4.69) is 19.1 Å². The third-order valence-corrected chi connectivity index (χ3v) is 5.50. The number of hydrogen-bond donors (Lipinski definition) is 3. The van der Waals surface area contributed by atoms with Crippen molar-refractivity contribution in [3.8, 4) is 0 Å². The monoisotopic (exact) mass is 400 g/mol. The third-order valence-electron chi connectivity index (χ3n) is 5.50. The van der Waals surface area contributed by atoms with Crippen LogP contribution in [-0.2, 0) is 9.47 Å². The van der Waals surface area contributed by atoms with Crippen molar-refractivity contribution in [2.24, 2.45) is 0 Å². The van der Waals surface area contributed by atoms with E-state index in [4.69, 9.17) is 14.6 Å². The molecule has 1 rings (SSSR count). The van der Waals surface area contributed by atoms with Gasteiger partial charge in [-0.2, -0.15) is 0 Å². The summed E-state index contributed by atoms with van der Waals surface area (Å²) in [7, 11) is 0. The van der Waals surface area contributed by atoms with E-state index >= 15 is 0 Å². The molecule has 4 atom stereocenters. The van der Waals surface area contributed by atoms with Gasteiger partial charge in [0, 0.05) is 6.61 Å². The van der Waals surface area contributed by atoms with Crippen molar-refractivity contribution in [2.45, 2.75) is 115 Å². The lowest BCUT2D eigenvalue weighted by atomic mass is 10.0. The second-order valence-electron chi connectivity index (χ2n) is 8.03. The molecule has 1 saturated heterocycles. The van der Waals surface area contributed by atoms with Crippen LogP contribution in [0, 0.1) is 0 Å². The zero-order chi connectivity index (χ0) is 20.5. The SMILES string of the molecule is CCCCCCCCCCC/C=C/CCCCO[C@@H]1CO[C@@H](CO)[C@H](O)[C@H]1O. The van der Waals surface area contributed by atoms with Gasteiger partial charge in [-0.25, -0.2) is 0 Å². The Bertz CT molecular complexity index is 374. The number of aliphatic hydroxyl groups is 3. The summed E-state index contributed by atoms with van der Waals surface area (Å²) < 4.78 is 10.9. The summed E-state index contributed by atoms with van der Waals surface area (Å²) in [4.78, 5) is 0. The Balaban J connectivity index is 1.87. The first-order valence-electron chi connectivity index (χ1n) is 11.6. The van der Waals surface area contributed by atoms with Crippen LogP contribution in [0.5, 0.6) is 0 Å². The summed E-state index contributed by atoms with van der Waals surface area (Å²) in [6.45, 7) is 2.73. The van der Waals surface area contributed by atoms with Gasteiger partial charge in [-0.15, -0.1) is 0 Å². The molecule has 0 aromatic heterocycles. The van der Waals surface area contributed by atoms with Gasteiger partial charge in [0.2, 0.25) is 0 Å². The van der Waals surface area contributed by atoms with E-state index in [0.717, 1.165) is 19.3 Å². The van der Waals surface area contributed by atoms with E-state index in [-0.39, 0.29) is 13.2 Å². The molecule has 0 aromatic rings. The molecule has 0 aromatic carbocycles. The number of rotatable bonds is 17. The maximum atomic E-state index is 9.99. The van der Waals surface area contributed by atoms with Crippen molar-refractivity contribution in [2.75, 3.05) is 19.8 Å². The lowest BCUT2D eigenvalue weighted by Gasteiger charge is -2.36. The number of hydrogen-bond acceptors (Lipinski definition) is 5. The smallest absolute Gasteiger partial charge is 0.111 e. The van der Waals surface area contributed by atoms with E-state index in [1.165, 1.54) is 64.2 Å². The van der Waals surface area contributed by atoms with Crippen LogP contribution in [0.25, 0.3) is 0 Å². The number of allylic oxidation sites excluding steroid dienone is 2. The van der Waals surface area contributed by atoms with Gasteiger partial charge in [0.05, 0.1) is 13.2 Å². The summed E-state index contributed by atoms with van der Waals surface area (Å²) in [6.07, 6.45) is 17.8. The molecule has 166 valence electrons. The van der Waals surface area contributed by atoms with Crippen molar-refractivity contribution in [3.63, 3.8) is 0 Å². The van der Waals surface area contributed by atoms with Gasteiger partial charge in [0.25, 0.3) is 0 Å². The fraction of sp³-hybridized carbons (Fsp3) is 0.913. The highest BCUT2D eigenvalue weighted by Crippen LogP contribution is 2.18. The molecule has 3 N–H and O–H groups in total. The topological polar surface area (TPSA) is 79.2 Å². The van der Waals surface area contributed by atoms with Gasteiger partial charge >= 0.3 is 0 Å². The fourth-order valence-electron chi connectivity index (χ4n) is 3.57. The van der Waals surface area contributed by atoms with Crippen LogP contribution in [0.3, 0.4) is 0 Å². The molecule has 0 spiro atoms. The zero-order valence-corrected chi connectivity index (χ0v) is 17.9. The minimum absolute atomic E-state index is 0.210. The van der Waals surface area contributed by atoms with E-state index < -0.39 is 24.4 Å². The lowest BCUT2D eigenvalue weighted by molar-refractivity contribution is -0.208. The molecule has 0 saturated carbocycles. The van der Waals surface area contributed by atoms with Crippen molar-refractivity contribution in [3.05, 3.63) is 12.2 Å². The molecule has 1 aliphatic rings.